The first kappa shape index (κ1) is 15.8. The summed E-state index contributed by atoms with van der Waals surface area (Å²) in [6.45, 7) is 5.98. The average molecular weight is 273 g/mol. The van der Waals surface area contributed by atoms with Crippen LogP contribution in [0.15, 0.2) is 0 Å². The summed E-state index contributed by atoms with van der Waals surface area (Å²) in [6.07, 6.45) is 0.534. The van der Waals surface area contributed by atoms with Gasteiger partial charge in [0.15, 0.2) is 0 Å². The van der Waals surface area contributed by atoms with Crippen LogP contribution < -0.4 is 0 Å². The van der Waals surface area contributed by atoms with Gasteiger partial charge in [-0.3, -0.25) is 4.79 Å². The van der Waals surface area contributed by atoms with E-state index in [-0.39, 0.29) is 13.0 Å². The smallest absolute Gasteiger partial charge is 0.410 e. The predicted octanol–water partition coefficient (Wildman–Crippen LogP) is 1.31. The predicted molar refractivity (Wildman–Crippen MR) is 68.6 cm³/mol. The fraction of sp³-hybridized carbons (Fsp3) is 0.846. The van der Waals surface area contributed by atoms with E-state index in [0.29, 0.717) is 19.4 Å². The highest BCUT2D eigenvalue weighted by molar-refractivity contribution is 5.71. The third-order valence-electron chi connectivity index (χ3n) is 2.91. The third-order valence-corrected chi connectivity index (χ3v) is 2.91. The molecular formula is C13H23NO5. The standard InChI is InChI=1S/C13H23NO5/c1-12(2,3)19-11(16)14-7-5-6-13(17,9-14)8-10(15)18-4/h17H,5-9H2,1-4H3. The van der Waals surface area contributed by atoms with Crippen molar-refractivity contribution in [2.75, 3.05) is 20.2 Å². The molecule has 1 fully saturated rings. The van der Waals surface area contributed by atoms with E-state index in [9.17, 15) is 14.7 Å². The second kappa shape index (κ2) is 5.77. The van der Waals surface area contributed by atoms with Crippen LogP contribution in [0.3, 0.4) is 0 Å². The number of piperidine rings is 1. The van der Waals surface area contributed by atoms with E-state index in [4.69, 9.17) is 4.74 Å². The average Bonchev–Trinajstić information content (AvgIpc) is 2.26. The van der Waals surface area contributed by atoms with E-state index >= 15 is 0 Å². The molecule has 19 heavy (non-hydrogen) atoms. The molecule has 1 atom stereocenters. The summed E-state index contributed by atoms with van der Waals surface area (Å²) in [4.78, 5) is 24.6. The van der Waals surface area contributed by atoms with Gasteiger partial charge in [0.25, 0.3) is 0 Å². The molecule has 0 spiro atoms. The van der Waals surface area contributed by atoms with Gasteiger partial charge >= 0.3 is 12.1 Å². The van der Waals surface area contributed by atoms with Crippen LogP contribution in [0.25, 0.3) is 0 Å². The van der Waals surface area contributed by atoms with Gasteiger partial charge in [0.05, 0.1) is 25.7 Å². The lowest BCUT2D eigenvalue weighted by Crippen LogP contribution is -2.52. The number of carbonyl (C=O) groups is 2. The first-order valence-corrected chi connectivity index (χ1v) is 6.42. The lowest BCUT2D eigenvalue weighted by Gasteiger charge is -2.39. The minimum atomic E-state index is -1.22. The summed E-state index contributed by atoms with van der Waals surface area (Å²) < 4.78 is 9.82. The first-order chi connectivity index (χ1) is 8.65. The van der Waals surface area contributed by atoms with Crippen LogP contribution in [0.2, 0.25) is 0 Å². The quantitative estimate of drug-likeness (QED) is 0.768. The fourth-order valence-electron chi connectivity index (χ4n) is 2.08. The monoisotopic (exact) mass is 273 g/mol. The Morgan fingerprint density at radius 1 is 1.37 bits per heavy atom. The molecule has 1 N–H and O–H groups in total. The fourth-order valence-corrected chi connectivity index (χ4v) is 2.08. The highest BCUT2D eigenvalue weighted by atomic mass is 16.6. The van der Waals surface area contributed by atoms with Crippen LogP contribution in [0.4, 0.5) is 4.79 Å². The number of rotatable bonds is 2. The van der Waals surface area contributed by atoms with Crippen molar-refractivity contribution < 1.29 is 24.2 Å². The van der Waals surface area contributed by atoms with E-state index in [1.54, 1.807) is 20.8 Å². The molecule has 1 rings (SSSR count). The largest absolute Gasteiger partial charge is 0.469 e. The molecule has 6 nitrogen and oxygen atoms in total. The zero-order chi connectivity index (χ0) is 14.7. The molecule has 0 radical (unpaired) electrons. The van der Waals surface area contributed by atoms with Crippen molar-refractivity contribution in [1.82, 2.24) is 4.90 Å². The van der Waals surface area contributed by atoms with Gasteiger partial charge in [0.1, 0.15) is 5.60 Å². The lowest BCUT2D eigenvalue weighted by atomic mass is 9.90. The Morgan fingerprint density at radius 2 is 2.00 bits per heavy atom. The van der Waals surface area contributed by atoms with Crippen molar-refractivity contribution in [3.63, 3.8) is 0 Å². The minimum absolute atomic E-state index is 0.0943. The molecule has 1 heterocycles. The Kier molecular flexibility index (Phi) is 4.79. The maximum atomic E-state index is 11.9. The van der Waals surface area contributed by atoms with Crippen molar-refractivity contribution in [3.8, 4) is 0 Å². The Bertz CT molecular complexity index is 349. The molecule has 0 aliphatic carbocycles. The number of hydrogen-bond donors (Lipinski definition) is 1. The third kappa shape index (κ3) is 5.06. The van der Waals surface area contributed by atoms with Crippen molar-refractivity contribution in [1.29, 1.82) is 0 Å². The molecule has 0 aromatic heterocycles. The summed E-state index contributed by atoms with van der Waals surface area (Å²) in [7, 11) is 1.28. The molecule has 0 aromatic carbocycles. The number of methoxy groups -OCH3 is 1. The zero-order valence-corrected chi connectivity index (χ0v) is 12.1. The Morgan fingerprint density at radius 3 is 2.53 bits per heavy atom. The number of ether oxygens (including phenoxy) is 2. The number of carbonyl (C=O) groups excluding carboxylic acids is 2. The molecule has 110 valence electrons. The van der Waals surface area contributed by atoms with Crippen molar-refractivity contribution in [2.45, 2.75) is 51.2 Å². The van der Waals surface area contributed by atoms with Crippen molar-refractivity contribution >= 4 is 12.1 Å². The van der Waals surface area contributed by atoms with Crippen LogP contribution in [0.1, 0.15) is 40.0 Å². The van der Waals surface area contributed by atoms with Gasteiger partial charge in [-0.25, -0.2) is 4.79 Å². The van der Waals surface area contributed by atoms with E-state index in [1.807, 2.05) is 0 Å². The molecular weight excluding hydrogens is 250 g/mol. The van der Waals surface area contributed by atoms with Gasteiger partial charge in [-0.2, -0.15) is 0 Å². The Balaban J connectivity index is 2.63. The van der Waals surface area contributed by atoms with E-state index < -0.39 is 23.3 Å². The first-order valence-electron chi connectivity index (χ1n) is 6.42. The molecule has 0 saturated carbocycles. The highest BCUT2D eigenvalue weighted by Gasteiger charge is 2.38. The molecule has 6 heteroatoms. The maximum absolute atomic E-state index is 11.9. The molecule has 1 aliphatic rings. The molecule has 0 bridgehead atoms. The number of amides is 1. The van der Waals surface area contributed by atoms with Gasteiger partial charge in [0.2, 0.25) is 0 Å². The SMILES string of the molecule is COC(=O)CC1(O)CCCN(C(=O)OC(C)(C)C)C1. The molecule has 1 unspecified atom stereocenters. The van der Waals surface area contributed by atoms with Gasteiger partial charge in [0, 0.05) is 6.54 Å². The van der Waals surface area contributed by atoms with Gasteiger partial charge in [-0.05, 0) is 33.6 Å². The van der Waals surface area contributed by atoms with Crippen molar-refractivity contribution in [3.05, 3.63) is 0 Å². The van der Waals surface area contributed by atoms with Crippen LogP contribution in [0, 0.1) is 0 Å². The van der Waals surface area contributed by atoms with Crippen LogP contribution >= 0.6 is 0 Å². The summed E-state index contributed by atoms with van der Waals surface area (Å²) in [5.41, 5.74) is -1.79. The van der Waals surface area contributed by atoms with E-state index in [0.717, 1.165) is 0 Å². The second-order valence-electron chi connectivity index (χ2n) is 5.98. The van der Waals surface area contributed by atoms with Crippen LogP contribution in [-0.4, -0.2) is 53.5 Å². The number of esters is 1. The molecule has 0 aromatic rings. The highest BCUT2D eigenvalue weighted by Crippen LogP contribution is 2.26. The van der Waals surface area contributed by atoms with Gasteiger partial charge < -0.3 is 19.5 Å². The minimum Gasteiger partial charge on any atom is -0.469 e. The summed E-state index contributed by atoms with van der Waals surface area (Å²) >= 11 is 0. The number of β-amino-alcohol motifs (C(OH)–C–C–N with tert-alkyl or cyclic N) is 1. The van der Waals surface area contributed by atoms with Gasteiger partial charge in [-0.15, -0.1) is 0 Å². The normalized spacial score (nSPS) is 23.9. The molecule has 1 saturated heterocycles. The molecule has 1 aliphatic heterocycles. The van der Waals surface area contributed by atoms with Crippen LogP contribution in [-0.2, 0) is 14.3 Å². The van der Waals surface area contributed by atoms with Crippen LogP contribution in [0.5, 0.6) is 0 Å². The number of nitrogens with zero attached hydrogens (tertiary/aromatic N) is 1. The van der Waals surface area contributed by atoms with Crippen molar-refractivity contribution in [2.24, 2.45) is 0 Å². The Labute approximate surface area is 113 Å². The Hall–Kier alpha value is -1.30. The summed E-state index contributed by atoms with van der Waals surface area (Å²) in [6, 6.07) is 0. The lowest BCUT2D eigenvalue weighted by molar-refractivity contribution is -0.148. The summed E-state index contributed by atoms with van der Waals surface area (Å²) in [5, 5.41) is 10.3. The summed E-state index contributed by atoms with van der Waals surface area (Å²) in [5.74, 6) is -0.478. The number of hydrogen-bond acceptors (Lipinski definition) is 5. The topological polar surface area (TPSA) is 76.1 Å². The zero-order valence-electron chi connectivity index (χ0n) is 12.1. The molecule has 1 amide bonds. The van der Waals surface area contributed by atoms with E-state index in [2.05, 4.69) is 4.74 Å². The van der Waals surface area contributed by atoms with E-state index in [1.165, 1.54) is 12.0 Å². The van der Waals surface area contributed by atoms with Gasteiger partial charge in [-0.1, -0.05) is 0 Å². The maximum Gasteiger partial charge on any atom is 0.410 e. The number of likely N-dealkylation sites (tertiary alicyclic amines) is 1. The number of aliphatic hydroxyl groups is 1. The second-order valence-corrected chi connectivity index (χ2v) is 5.98.